The van der Waals surface area contributed by atoms with E-state index in [9.17, 15) is 18.0 Å². The molecule has 0 aromatic heterocycles. The van der Waals surface area contributed by atoms with E-state index in [2.05, 4.69) is 15.0 Å². The third kappa shape index (κ3) is 4.52. The number of carbonyl (C=O) groups excluding carboxylic acids is 2. The molecule has 1 aromatic carbocycles. The minimum absolute atomic E-state index is 0.104. The maximum absolute atomic E-state index is 12.8. The number of hydrogen-bond donors (Lipinski definition) is 2. The van der Waals surface area contributed by atoms with Gasteiger partial charge in [0.2, 0.25) is 0 Å². The van der Waals surface area contributed by atoms with E-state index >= 15 is 0 Å². The summed E-state index contributed by atoms with van der Waals surface area (Å²) in [6, 6.07) is 6.65. The molecule has 1 atom stereocenters. The van der Waals surface area contributed by atoms with E-state index in [0.29, 0.717) is 17.8 Å². The lowest BCUT2D eigenvalue weighted by molar-refractivity contribution is -0.156. The molecule has 4 fully saturated rings. The summed E-state index contributed by atoms with van der Waals surface area (Å²) in [4.78, 5) is 29.5. The average Bonchev–Trinajstić information content (AvgIpc) is 3.00. The number of benzene rings is 1. The smallest absolute Gasteiger partial charge is 0.306 e. The lowest BCUT2D eigenvalue weighted by Crippen LogP contribution is -2.61. The SMILES string of the molecule is C[C@H](OC(=O)CCCN=C1NS(=O)(=O)c2ccccc21)C(=O)NC12CC3CC(CC(C3)C1)C2. The summed E-state index contributed by atoms with van der Waals surface area (Å²) in [5, 5.41) is 3.25. The lowest BCUT2D eigenvalue weighted by atomic mass is 9.53. The van der Waals surface area contributed by atoms with Gasteiger partial charge in [0.1, 0.15) is 5.84 Å². The summed E-state index contributed by atoms with van der Waals surface area (Å²) in [5.41, 5.74) is 0.433. The maximum atomic E-state index is 12.8. The van der Waals surface area contributed by atoms with Crippen LogP contribution in [0, 0.1) is 17.8 Å². The second-order valence-electron chi connectivity index (χ2n) is 10.3. The predicted molar refractivity (Wildman–Crippen MR) is 122 cm³/mol. The molecule has 1 heterocycles. The molecule has 4 saturated carbocycles. The van der Waals surface area contributed by atoms with Crippen LogP contribution in [0.3, 0.4) is 0 Å². The Kier molecular flexibility index (Phi) is 5.71. The Labute approximate surface area is 194 Å². The van der Waals surface area contributed by atoms with Gasteiger partial charge in [-0.1, -0.05) is 12.1 Å². The van der Waals surface area contributed by atoms with Crippen molar-refractivity contribution in [3.8, 4) is 0 Å². The molecule has 8 nitrogen and oxygen atoms in total. The molecule has 5 aliphatic rings. The molecule has 33 heavy (non-hydrogen) atoms. The number of amidine groups is 1. The number of aliphatic imine (C=N–C) groups is 1. The molecule has 2 N–H and O–H groups in total. The van der Waals surface area contributed by atoms with Crippen LogP contribution in [0.2, 0.25) is 0 Å². The zero-order chi connectivity index (χ0) is 23.2. The Bertz CT molecular complexity index is 1060. The van der Waals surface area contributed by atoms with E-state index < -0.39 is 22.1 Å². The number of ether oxygens (including phenoxy) is 1. The number of hydrogen-bond acceptors (Lipinski definition) is 6. The first-order valence-corrected chi connectivity index (χ1v) is 13.4. The largest absolute Gasteiger partial charge is 0.453 e. The minimum Gasteiger partial charge on any atom is -0.453 e. The summed E-state index contributed by atoms with van der Waals surface area (Å²) in [7, 11) is -3.57. The van der Waals surface area contributed by atoms with Crippen LogP contribution in [-0.2, 0) is 24.3 Å². The molecule has 0 saturated heterocycles. The fourth-order valence-electron chi connectivity index (χ4n) is 6.60. The maximum Gasteiger partial charge on any atom is 0.306 e. The van der Waals surface area contributed by atoms with Gasteiger partial charge in [-0.25, -0.2) is 8.42 Å². The molecule has 4 aliphatic carbocycles. The van der Waals surface area contributed by atoms with Crippen LogP contribution in [0.25, 0.3) is 0 Å². The van der Waals surface area contributed by atoms with Gasteiger partial charge in [-0.2, -0.15) is 0 Å². The summed E-state index contributed by atoms with van der Waals surface area (Å²) in [6.07, 6.45) is 6.75. The second kappa shape index (κ2) is 8.42. The van der Waals surface area contributed by atoms with Gasteiger partial charge in [0.25, 0.3) is 15.9 Å². The van der Waals surface area contributed by atoms with Crippen molar-refractivity contribution >= 4 is 27.7 Å². The molecule has 0 radical (unpaired) electrons. The van der Waals surface area contributed by atoms with Crippen LogP contribution in [0.1, 0.15) is 63.9 Å². The number of carbonyl (C=O) groups is 2. The van der Waals surface area contributed by atoms with E-state index in [1.807, 2.05) is 0 Å². The highest BCUT2D eigenvalue weighted by Crippen LogP contribution is 2.55. The van der Waals surface area contributed by atoms with Crippen molar-refractivity contribution in [1.82, 2.24) is 10.0 Å². The summed E-state index contributed by atoms with van der Waals surface area (Å²) >= 11 is 0. The first kappa shape index (κ1) is 22.4. The average molecular weight is 474 g/mol. The molecule has 1 aromatic rings. The zero-order valence-corrected chi connectivity index (χ0v) is 19.7. The molecule has 0 unspecified atom stereocenters. The standard InChI is InChI=1S/C24H31N3O5S/c1-15(23(29)26-24-12-16-9-17(13-24)11-18(10-16)14-24)32-21(28)7-4-8-25-22-19-5-2-3-6-20(19)33(30,31)27-22/h2-3,5-6,15-18H,4,7-14H2,1H3,(H,25,27)(H,26,29)/t15-,16?,17?,18?,24?/m0/s1. The highest BCUT2D eigenvalue weighted by atomic mass is 32.2. The van der Waals surface area contributed by atoms with E-state index in [-0.39, 0.29) is 29.3 Å². The van der Waals surface area contributed by atoms with Gasteiger partial charge >= 0.3 is 5.97 Å². The van der Waals surface area contributed by atoms with Crippen molar-refractivity contribution in [3.05, 3.63) is 29.8 Å². The second-order valence-corrected chi connectivity index (χ2v) is 11.9. The molecule has 9 heteroatoms. The summed E-state index contributed by atoms with van der Waals surface area (Å²) in [5.74, 6) is 1.83. The quantitative estimate of drug-likeness (QED) is 0.467. The number of amides is 1. The van der Waals surface area contributed by atoms with Gasteiger partial charge in [0.05, 0.1) is 4.90 Å². The molecule has 178 valence electrons. The van der Waals surface area contributed by atoms with Gasteiger partial charge in [-0.05, 0) is 81.8 Å². The van der Waals surface area contributed by atoms with Crippen molar-refractivity contribution in [2.45, 2.75) is 74.8 Å². The predicted octanol–water partition coefficient (Wildman–Crippen LogP) is 2.52. The van der Waals surface area contributed by atoms with E-state index in [1.54, 1.807) is 25.1 Å². The van der Waals surface area contributed by atoms with Gasteiger partial charge in [-0.15, -0.1) is 0 Å². The van der Waals surface area contributed by atoms with Gasteiger partial charge in [-0.3, -0.25) is 19.3 Å². The monoisotopic (exact) mass is 473 g/mol. The lowest BCUT2D eigenvalue weighted by Gasteiger charge is -2.57. The molecule has 1 amide bonds. The van der Waals surface area contributed by atoms with E-state index in [0.717, 1.165) is 37.0 Å². The van der Waals surface area contributed by atoms with Crippen molar-refractivity contribution in [2.24, 2.45) is 22.7 Å². The Balaban J connectivity index is 1.09. The first-order chi connectivity index (χ1) is 15.7. The van der Waals surface area contributed by atoms with Crippen LogP contribution in [-0.4, -0.2) is 44.3 Å². The number of sulfonamides is 1. The third-order valence-electron chi connectivity index (χ3n) is 7.58. The van der Waals surface area contributed by atoms with Crippen molar-refractivity contribution < 1.29 is 22.7 Å². The van der Waals surface area contributed by atoms with Crippen LogP contribution >= 0.6 is 0 Å². The number of esters is 1. The number of nitrogens with zero attached hydrogens (tertiary/aromatic N) is 1. The topological polar surface area (TPSA) is 114 Å². The molecule has 4 bridgehead atoms. The zero-order valence-electron chi connectivity index (χ0n) is 18.9. The van der Waals surface area contributed by atoms with E-state index in [4.69, 9.17) is 4.74 Å². The number of nitrogens with one attached hydrogen (secondary N) is 2. The van der Waals surface area contributed by atoms with Gasteiger partial charge in [0.15, 0.2) is 6.10 Å². The van der Waals surface area contributed by atoms with E-state index in [1.165, 1.54) is 25.3 Å². The highest BCUT2D eigenvalue weighted by molar-refractivity contribution is 7.90. The van der Waals surface area contributed by atoms with Crippen LogP contribution in [0.15, 0.2) is 34.2 Å². The summed E-state index contributed by atoms with van der Waals surface area (Å²) in [6.45, 7) is 1.90. The molecule has 1 aliphatic heterocycles. The number of fused-ring (bicyclic) bond motifs is 1. The van der Waals surface area contributed by atoms with Crippen molar-refractivity contribution in [1.29, 1.82) is 0 Å². The molecular formula is C24H31N3O5S. The van der Waals surface area contributed by atoms with Crippen LogP contribution in [0.4, 0.5) is 0 Å². The fourth-order valence-corrected chi connectivity index (χ4v) is 7.85. The normalized spacial score (nSPS) is 32.8. The van der Waals surface area contributed by atoms with Gasteiger partial charge < -0.3 is 10.1 Å². The minimum atomic E-state index is -3.57. The van der Waals surface area contributed by atoms with Crippen molar-refractivity contribution in [3.63, 3.8) is 0 Å². The molecular weight excluding hydrogens is 442 g/mol. The first-order valence-electron chi connectivity index (χ1n) is 11.9. The molecule has 6 rings (SSSR count). The van der Waals surface area contributed by atoms with Gasteiger partial charge in [0, 0.05) is 24.1 Å². The number of rotatable bonds is 7. The Hall–Kier alpha value is -2.42. The highest BCUT2D eigenvalue weighted by Gasteiger charge is 2.51. The van der Waals surface area contributed by atoms with Crippen LogP contribution < -0.4 is 10.0 Å². The van der Waals surface area contributed by atoms with Crippen molar-refractivity contribution in [2.75, 3.05) is 6.54 Å². The summed E-state index contributed by atoms with van der Waals surface area (Å²) < 4.78 is 32.1. The fraction of sp³-hybridized carbons (Fsp3) is 0.625. The Morgan fingerprint density at radius 3 is 2.45 bits per heavy atom. The van der Waals surface area contributed by atoms with Crippen LogP contribution in [0.5, 0.6) is 0 Å². The molecule has 0 spiro atoms. The Morgan fingerprint density at radius 2 is 1.79 bits per heavy atom. The third-order valence-corrected chi connectivity index (χ3v) is 8.97. The Morgan fingerprint density at radius 1 is 1.15 bits per heavy atom.